The minimum atomic E-state index is -0.671. The molecule has 0 aliphatic rings. The van der Waals surface area contributed by atoms with E-state index < -0.39 is 6.04 Å². The second-order valence-corrected chi connectivity index (χ2v) is 7.85. The number of aryl methyl sites for hydroxylation is 3. The summed E-state index contributed by atoms with van der Waals surface area (Å²) in [5.74, 6) is -0.225. The first kappa shape index (κ1) is 20.6. The molecule has 0 saturated carbocycles. The van der Waals surface area contributed by atoms with Crippen LogP contribution in [0.25, 0.3) is 16.7 Å². The lowest BCUT2D eigenvalue weighted by Gasteiger charge is -2.21. The summed E-state index contributed by atoms with van der Waals surface area (Å²) >= 11 is 0. The number of nitrogens with zero attached hydrogens (tertiary/aromatic N) is 3. The Labute approximate surface area is 181 Å². The standard InChI is InChI=1S/C25H26N4O2/c1-5-21(24(31)26-19-13-11-16(2)12-14-19)28-22(30)15-17(3)23-18(4)27-29(25(23)28)20-9-7-6-8-10-20/h6-15,21H,5H2,1-4H3,(H,26,31). The maximum atomic E-state index is 13.3. The van der Waals surface area contributed by atoms with E-state index in [-0.39, 0.29) is 11.5 Å². The lowest BCUT2D eigenvalue weighted by Crippen LogP contribution is -2.34. The van der Waals surface area contributed by atoms with Crippen LogP contribution < -0.4 is 10.9 Å². The molecule has 1 atom stereocenters. The Kier molecular flexibility index (Phi) is 5.46. The lowest BCUT2D eigenvalue weighted by molar-refractivity contribution is -0.119. The summed E-state index contributed by atoms with van der Waals surface area (Å²) in [6, 6.07) is 18.2. The first-order chi connectivity index (χ1) is 14.9. The highest BCUT2D eigenvalue weighted by molar-refractivity contribution is 5.95. The number of nitrogens with one attached hydrogen (secondary N) is 1. The molecule has 2 aromatic heterocycles. The van der Waals surface area contributed by atoms with Crippen LogP contribution in [-0.4, -0.2) is 20.3 Å². The highest BCUT2D eigenvalue weighted by Crippen LogP contribution is 2.27. The molecule has 6 nitrogen and oxygen atoms in total. The smallest absolute Gasteiger partial charge is 0.253 e. The molecule has 2 aromatic carbocycles. The van der Waals surface area contributed by atoms with Gasteiger partial charge in [0, 0.05) is 17.1 Å². The molecular weight excluding hydrogens is 388 g/mol. The van der Waals surface area contributed by atoms with E-state index in [0.717, 1.165) is 27.9 Å². The maximum Gasteiger partial charge on any atom is 0.253 e. The Bertz CT molecular complexity index is 1300. The number of fused-ring (bicyclic) bond motifs is 1. The Morgan fingerprint density at radius 2 is 1.71 bits per heavy atom. The molecule has 0 bridgehead atoms. The van der Waals surface area contributed by atoms with E-state index in [9.17, 15) is 9.59 Å². The van der Waals surface area contributed by atoms with E-state index >= 15 is 0 Å². The molecule has 0 aliphatic carbocycles. The van der Waals surface area contributed by atoms with Crippen molar-refractivity contribution in [3.05, 3.63) is 87.8 Å². The Hall–Kier alpha value is -3.67. The predicted molar refractivity (Wildman–Crippen MR) is 124 cm³/mol. The van der Waals surface area contributed by atoms with Crippen molar-refractivity contribution in [1.29, 1.82) is 0 Å². The van der Waals surface area contributed by atoms with Crippen molar-refractivity contribution < 1.29 is 4.79 Å². The number of anilines is 1. The van der Waals surface area contributed by atoms with Crippen molar-refractivity contribution in [2.24, 2.45) is 0 Å². The summed E-state index contributed by atoms with van der Waals surface area (Å²) in [7, 11) is 0. The summed E-state index contributed by atoms with van der Waals surface area (Å²) in [5.41, 5.74) is 4.76. The van der Waals surface area contributed by atoms with Crippen LogP contribution in [0.1, 0.15) is 36.2 Å². The van der Waals surface area contributed by atoms with E-state index in [1.54, 1.807) is 15.3 Å². The van der Waals surface area contributed by atoms with Gasteiger partial charge in [0.1, 0.15) is 11.7 Å². The fourth-order valence-corrected chi connectivity index (χ4v) is 4.03. The highest BCUT2D eigenvalue weighted by Gasteiger charge is 2.26. The van der Waals surface area contributed by atoms with Gasteiger partial charge in [-0.25, -0.2) is 4.68 Å². The van der Waals surface area contributed by atoms with Crippen LogP contribution >= 0.6 is 0 Å². The van der Waals surface area contributed by atoms with Crippen molar-refractivity contribution >= 4 is 22.6 Å². The topological polar surface area (TPSA) is 68.9 Å². The third-order valence-electron chi connectivity index (χ3n) is 5.56. The van der Waals surface area contributed by atoms with Gasteiger partial charge in [-0.05, 0) is 57.0 Å². The first-order valence-corrected chi connectivity index (χ1v) is 10.4. The Morgan fingerprint density at radius 3 is 2.35 bits per heavy atom. The monoisotopic (exact) mass is 414 g/mol. The summed E-state index contributed by atoms with van der Waals surface area (Å²) in [6.07, 6.45) is 0.467. The number of rotatable bonds is 5. The highest BCUT2D eigenvalue weighted by atomic mass is 16.2. The third-order valence-corrected chi connectivity index (χ3v) is 5.56. The quantitative estimate of drug-likeness (QED) is 0.515. The Balaban J connectivity index is 1.90. The molecule has 0 saturated heterocycles. The molecule has 0 fully saturated rings. The van der Waals surface area contributed by atoms with Crippen LogP contribution in [-0.2, 0) is 4.79 Å². The van der Waals surface area contributed by atoms with Crippen molar-refractivity contribution in [2.45, 2.75) is 40.2 Å². The van der Waals surface area contributed by atoms with Crippen LogP contribution in [0.3, 0.4) is 0 Å². The van der Waals surface area contributed by atoms with E-state index in [2.05, 4.69) is 5.32 Å². The second-order valence-electron chi connectivity index (χ2n) is 7.85. The van der Waals surface area contributed by atoms with Gasteiger partial charge in [0.05, 0.1) is 11.4 Å². The number of benzene rings is 2. The van der Waals surface area contributed by atoms with E-state index in [1.807, 2.05) is 82.3 Å². The number of carbonyl (C=O) groups excluding carboxylic acids is 1. The van der Waals surface area contributed by atoms with Crippen LogP contribution in [0.4, 0.5) is 5.69 Å². The second kappa shape index (κ2) is 8.22. The van der Waals surface area contributed by atoms with Crippen molar-refractivity contribution in [3.63, 3.8) is 0 Å². The summed E-state index contributed by atoms with van der Waals surface area (Å²) < 4.78 is 3.35. The maximum absolute atomic E-state index is 13.3. The number of carbonyl (C=O) groups is 1. The molecule has 4 rings (SSSR count). The van der Waals surface area contributed by atoms with Gasteiger partial charge in [-0.15, -0.1) is 0 Å². The molecule has 1 unspecified atom stereocenters. The zero-order valence-electron chi connectivity index (χ0n) is 18.2. The van der Waals surface area contributed by atoms with Crippen LogP contribution in [0.15, 0.2) is 65.5 Å². The van der Waals surface area contributed by atoms with Gasteiger partial charge in [-0.1, -0.05) is 42.8 Å². The number of hydrogen-bond acceptors (Lipinski definition) is 3. The normalized spacial score (nSPS) is 12.1. The molecule has 158 valence electrons. The van der Waals surface area contributed by atoms with Crippen LogP contribution in [0.2, 0.25) is 0 Å². The number of para-hydroxylation sites is 1. The SMILES string of the molecule is CCC(C(=O)Nc1ccc(C)cc1)n1c(=O)cc(C)c2c(C)nn(-c3ccccc3)c21. The zero-order valence-corrected chi connectivity index (χ0v) is 18.2. The predicted octanol–water partition coefficient (Wildman–Crippen LogP) is 4.70. The molecule has 0 spiro atoms. The average Bonchev–Trinajstić information content (AvgIpc) is 3.10. The third kappa shape index (κ3) is 3.77. The number of pyridine rings is 1. The number of aromatic nitrogens is 3. The lowest BCUT2D eigenvalue weighted by atomic mass is 10.1. The summed E-state index contributed by atoms with van der Waals surface area (Å²) in [4.78, 5) is 26.5. The first-order valence-electron chi connectivity index (χ1n) is 10.4. The van der Waals surface area contributed by atoms with E-state index in [4.69, 9.17) is 5.10 Å². The average molecular weight is 415 g/mol. The van der Waals surface area contributed by atoms with E-state index in [1.165, 1.54) is 0 Å². The minimum absolute atomic E-state index is 0.215. The van der Waals surface area contributed by atoms with Crippen molar-refractivity contribution in [2.75, 3.05) is 5.32 Å². The van der Waals surface area contributed by atoms with Crippen LogP contribution in [0.5, 0.6) is 0 Å². The van der Waals surface area contributed by atoms with Gasteiger partial charge in [0.2, 0.25) is 5.91 Å². The summed E-state index contributed by atoms with van der Waals surface area (Å²) in [5, 5.41) is 8.57. The van der Waals surface area contributed by atoms with Crippen LogP contribution in [0, 0.1) is 20.8 Å². The van der Waals surface area contributed by atoms with Gasteiger partial charge in [0.15, 0.2) is 0 Å². The fraction of sp³-hybridized carbons (Fsp3) is 0.240. The van der Waals surface area contributed by atoms with Crippen molar-refractivity contribution in [3.8, 4) is 5.69 Å². The molecule has 1 N–H and O–H groups in total. The minimum Gasteiger partial charge on any atom is -0.324 e. The molecule has 6 heteroatoms. The molecule has 31 heavy (non-hydrogen) atoms. The Morgan fingerprint density at radius 1 is 1.03 bits per heavy atom. The number of hydrogen-bond donors (Lipinski definition) is 1. The van der Waals surface area contributed by atoms with Crippen molar-refractivity contribution in [1.82, 2.24) is 14.3 Å². The molecule has 2 heterocycles. The largest absolute Gasteiger partial charge is 0.324 e. The zero-order chi connectivity index (χ0) is 22.1. The molecule has 0 aliphatic heterocycles. The molecule has 4 aromatic rings. The molecule has 1 amide bonds. The molecule has 0 radical (unpaired) electrons. The van der Waals surface area contributed by atoms with Gasteiger partial charge in [-0.3, -0.25) is 14.2 Å². The van der Waals surface area contributed by atoms with Gasteiger partial charge in [-0.2, -0.15) is 5.10 Å². The van der Waals surface area contributed by atoms with Gasteiger partial charge < -0.3 is 5.32 Å². The number of amides is 1. The van der Waals surface area contributed by atoms with Gasteiger partial charge >= 0.3 is 0 Å². The van der Waals surface area contributed by atoms with Gasteiger partial charge in [0.25, 0.3) is 5.56 Å². The fourth-order valence-electron chi connectivity index (χ4n) is 4.03. The molecular formula is C25H26N4O2. The van der Waals surface area contributed by atoms with E-state index in [0.29, 0.717) is 17.8 Å². The summed E-state index contributed by atoms with van der Waals surface area (Å²) in [6.45, 7) is 7.74.